The van der Waals surface area contributed by atoms with E-state index >= 15 is 0 Å². The Morgan fingerprint density at radius 3 is 2.71 bits per heavy atom. The van der Waals surface area contributed by atoms with E-state index in [2.05, 4.69) is 5.32 Å². The molecular weight excluding hydrogens is 368 g/mol. The molecule has 0 spiro atoms. The van der Waals surface area contributed by atoms with Gasteiger partial charge in [0, 0.05) is 36.1 Å². The first-order valence-electron chi connectivity index (χ1n) is 8.61. The summed E-state index contributed by atoms with van der Waals surface area (Å²) in [4.78, 5) is 33.8. The van der Waals surface area contributed by atoms with Crippen molar-refractivity contribution in [3.05, 3.63) is 63.7 Å². The number of hydrogen-bond acceptors (Lipinski definition) is 6. The number of ether oxygens (including phenoxy) is 2. The van der Waals surface area contributed by atoms with Crippen LogP contribution in [0.5, 0.6) is 5.75 Å². The molecule has 0 aliphatic carbocycles. The number of amides is 1. The van der Waals surface area contributed by atoms with Crippen molar-refractivity contribution in [1.29, 1.82) is 0 Å². The number of hydrogen-bond donors (Lipinski definition) is 2. The first-order valence-corrected chi connectivity index (χ1v) is 8.61. The van der Waals surface area contributed by atoms with Gasteiger partial charge in [-0.05, 0) is 31.0 Å². The second kappa shape index (κ2) is 8.49. The summed E-state index contributed by atoms with van der Waals surface area (Å²) in [6, 6.07) is 9.69. The zero-order chi connectivity index (χ0) is 20.1. The van der Waals surface area contributed by atoms with Crippen molar-refractivity contribution < 1.29 is 29.1 Å². The van der Waals surface area contributed by atoms with Gasteiger partial charge < -0.3 is 19.9 Å². The molecule has 1 aliphatic rings. The number of carbonyl (C=O) groups is 2. The number of carbonyl (C=O) groups excluding carboxylic acids is 1. The summed E-state index contributed by atoms with van der Waals surface area (Å²) in [5.41, 5.74) is -0.526. The lowest BCUT2D eigenvalue weighted by Crippen LogP contribution is -2.16. The number of nitrogens with zero attached hydrogens (tertiary/aromatic N) is 1. The van der Waals surface area contributed by atoms with Crippen LogP contribution in [-0.4, -0.2) is 41.2 Å². The molecule has 146 valence electrons. The van der Waals surface area contributed by atoms with Crippen molar-refractivity contribution in [2.75, 3.05) is 18.5 Å². The fourth-order valence-electron chi connectivity index (χ4n) is 2.80. The van der Waals surface area contributed by atoms with Crippen LogP contribution in [-0.2, 0) is 4.74 Å². The largest absolute Gasteiger partial charge is 0.491 e. The Labute approximate surface area is 160 Å². The lowest BCUT2D eigenvalue weighted by atomic mass is 10.1. The molecule has 0 radical (unpaired) electrons. The third-order valence-corrected chi connectivity index (χ3v) is 4.19. The van der Waals surface area contributed by atoms with Gasteiger partial charge in [-0.1, -0.05) is 6.07 Å². The van der Waals surface area contributed by atoms with Crippen molar-refractivity contribution >= 4 is 23.3 Å². The second-order valence-corrected chi connectivity index (χ2v) is 6.26. The second-order valence-electron chi connectivity index (χ2n) is 6.26. The van der Waals surface area contributed by atoms with E-state index in [0.29, 0.717) is 18.0 Å². The molecule has 1 saturated heterocycles. The Morgan fingerprint density at radius 2 is 2.04 bits per heavy atom. The maximum absolute atomic E-state index is 12.5. The van der Waals surface area contributed by atoms with Crippen LogP contribution >= 0.6 is 0 Å². The smallest absolute Gasteiger partial charge is 0.335 e. The van der Waals surface area contributed by atoms with E-state index in [1.807, 2.05) is 0 Å². The highest BCUT2D eigenvalue weighted by Crippen LogP contribution is 2.22. The Bertz CT molecular complexity index is 875. The van der Waals surface area contributed by atoms with Crippen molar-refractivity contribution in [2.45, 2.75) is 18.9 Å². The summed E-state index contributed by atoms with van der Waals surface area (Å²) >= 11 is 0. The van der Waals surface area contributed by atoms with E-state index in [0.717, 1.165) is 37.6 Å². The minimum atomic E-state index is -1.36. The van der Waals surface area contributed by atoms with Crippen molar-refractivity contribution in [2.24, 2.45) is 0 Å². The number of nitro benzene ring substituents is 1. The molecule has 1 amide bonds. The predicted octanol–water partition coefficient (Wildman–Crippen LogP) is 3.10. The quantitative estimate of drug-likeness (QED) is 0.553. The third-order valence-electron chi connectivity index (χ3n) is 4.19. The number of non-ortho nitro benzene ring substituents is 1. The molecule has 3 rings (SSSR count). The number of rotatable bonds is 7. The zero-order valence-corrected chi connectivity index (χ0v) is 14.8. The number of carboxylic acids is 1. The molecule has 0 aromatic heterocycles. The van der Waals surface area contributed by atoms with E-state index in [1.165, 1.54) is 0 Å². The molecule has 1 aliphatic heterocycles. The van der Waals surface area contributed by atoms with Crippen LogP contribution in [0.15, 0.2) is 42.5 Å². The molecule has 9 nitrogen and oxygen atoms in total. The average molecular weight is 386 g/mol. The van der Waals surface area contributed by atoms with Crippen LogP contribution < -0.4 is 10.1 Å². The minimum Gasteiger partial charge on any atom is -0.491 e. The molecule has 2 aromatic carbocycles. The van der Waals surface area contributed by atoms with E-state index in [-0.39, 0.29) is 17.2 Å². The van der Waals surface area contributed by atoms with Crippen molar-refractivity contribution in [3.8, 4) is 5.75 Å². The van der Waals surface area contributed by atoms with Gasteiger partial charge in [0.25, 0.3) is 11.6 Å². The number of carboxylic acid groups (broad SMARTS) is 1. The van der Waals surface area contributed by atoms with Gasteiger partial charge in [0.2, 0.25) is 0 Å². The van der Waals surface area contributed by atoms with Crippen LogP contribution in [0, 0.1) is 10.1 Å². The summed E-state index contributed by atoms with van der Waals surface area (Å²) < 4.78 is 11.2. The molecule has 2 N–H and O–H groups in total. The zero-order valence-electron chi connectivity index (χ0n) is 14.8. The van der Waals surface area contributed by atoms with Gasteiger partial charge in [0.1, 0.15) is 12.4 Å². The highest BCUT2D eigenvalue weighted by molar-refractivity contribution is 6.06. The summed E-state index contributed by atoms with van der Waals surface area (Å²) in [5.74, 6) is -1.48. The lowest BCUT2D eigenvalue weighted by molar-refractivity contribution is -0.384. The standard InChI is InChI=1S/C19H18N2O7/c22-18(12-7-13(19(23)24)9-15(8-12)21(25)26)20-14-3-1-4-16(10-14)28-11-17-5-2-6-27-17/h1,3-4,7-10,17H,2,5-6,11H2,(H,20,22)(H,23,24). The molecule has 28 heavy (non-hydrogen) atoms. The van der Waals surface area contributed by atoms with Crippen LogP contribution in [0.3, 0.4) is 0 Å². The van der Waals surface area contributed by atoms with Gasteiger partial charge in [-0.3, -0.25) is 14.9 Å². The molecule has 0 saturated carbocycles. The molecule has 1 fully saturated rings. The Hall–Kier alpha value is -3.46. The van der Waals surface area contributed by atoms with E-state index in [9.17, 15) is 19.7 Å². The fraction of sp³-hybridized carbons (Fsp3) is 0.263. The van der Waals surface area contributed by atoms with Crippen LogP contribution in [0.1, 0.15) is 33.6 Å². The van der Waals surface area contributed by atoms with Gasteiger partial charge >= 0.3 is 5.97 Å². The first kappa shape index (κ1) is 19.3. The van der Waals surface area contributed by atoms with Gasteiger partial charge in [-0.2, -0.15) is 0 Å². The Balaban J connectivity index is 1.72. The van der Waals surface area contributed by atoms with Gasteiger partial charge in [0.15, 0.2) is 0 Å². The number of nitrogens with one attached hydrogen (secondary N) is 1. The minimum absolute atomic E-state index is 0.0533. The topological polar surface area (TPSA) is 128 Å². The Kier molecular flexibility index (Phi) is 5.85. The number of benzene rings is 2. The van der Waals surface area contributed by atoms with Gasteiger partial charge in [-0.15, -0.1) is 0 Å². The van der Waals surface area contributed by atoms with Crippen LogP contribution in [0.25, 0.3) is 0 Å². The summed E-state index contributed by atoms with van der Waals surface area (Å²) in [6.07, 6.45) is 2.00. The molecule has 1 atom stereocenters. The molecule has 2 aromatic rings. The van der Waals surface area contributed by atoms with Crippen LogP contribution in [0.2, 0.25) is 0 Å². The predicted molar refractivity (Wildman–Crippen MR) is 98.9 cm³/mol. The molecule has 9 heteroatoms. The summed E-state index contributed by atoms with van der Waals surface area (Å²) in [5, 5.41) is 22.7. The summed E-state index contributed by atoms with van der Waals surface area (Å²) in [6.45, 7) is 1.13. The highest BCUT2D eigenvalue weighted by Gasteiger charge is 2.18. The van der Waals surface area contributed by atoms with Crippen molar-refractivity contribution in [1.82, 2.24) is 0 Å². The lowest BCUT2D eigenvalue weighted by Gasteiger charge is -2.12. The third kappa shape index (κ3) is 4.83. The maximum Gasteiger partial charge on any atom is 0.335 e. The number of aromatic carboxylic acids is 1. The van der Waals surface area contributed by atoms with Gasteiger partial charge in [-0.25, -0.2) is 4.79 Å². The molecular formula is C19H18N2O7. The first-order chi connectivity index (χ1) is 13.4. The number of anilines is 1. The average Bonchev–Trinajstić information content (AvgIpc) is 3.20. The highest BCUT2D eigenvalue weighted by atomic mass is 16.6. The van der Waals surface area contributed by atoms with E-state index < -0.39 is 22.5 Å². The van der Waals surface area contributed by atoms with Gasteiger partial charge in [0.05, 0.1) is 16.6 Å². The van der Waals surface area contributed by atoms with E-state index in [4.69, 9.17) is 14.6 Å². The number of nitro groups is 1. The monoisotopic (exact) mass is 386 g/mol. The Morgan fingerprint density at radius 1 is 1.25 bits per heavy atom. The fourth-order valence-corrected chi connectivity index (χ4v) is 2.80. The van der Waals surface area contributed by atoms with Crippen molar-refractivity contribution in [3.63, 3.8) is 0 Å². The maximum atomic E-state index is 12.5. The normalized spacial score (nSPS) is 15.8. The van der Waals surface area contributed by atoms with Crippen LogP contribution in [0.4, 0.5) is 11.4 Å². The molecule has 1 unspecified atom stereocenters. The van der Waals surface area contributed by atoms with E-state index in [1.54, 1.807) is 24.3 Å². The summed E-state index contributed by atoms with van der Waals surface area (Å²) in [7, 11) is 0. The SMILES string of the molecule is O=C(O)c1cc(C(=O)Nc2cccc(OCC3CCCO3)c2)cc([N+](=O)[O-])c1. The molecule has 0 bridgehead atoms. The molecule has 1 heterocycles.